The topological polar surface area (TPSA) is 80.7 Å². The van der Waals surface area contributed by atoms with E-state index in [0.29, 0.717) is 6.42 Å². The molecule has 0 aliphatic rings. The van der Waals surface area contributed by atoms with Gasteiger partial charge in [0.2, 0.25) is 0 Å². The summed E-state index contributed by atoms with van der Waals surface area (Å²) in [5, 5.41) is 0. The van der Waals surface area contributed by atoms with Crippen LogP contribution in [0.2, 0.25) is 0 Å². The molecule has 0 saturated carbocycles. The molecular formula is C9H18O5S. The van der Waals surface area contributed by atoms with E-state index >= 15 is 0 Å². The van der Waals surface area contributed by atoms with Gasteiger partial charge in [0.1, 0.15) is 12.4 Å². The highest BCUT2D eigenvalue weighted by Crippen LogP contribution is 2.12. The van der Waals surface area contributed by atoms with E-state index in [1.807, 2.05) is 13.8 Å². The van der Waals surface area contributed by atoms with Crippen molar-refractivity contribution in [3.05, 3.63) is 0 Å². The van der Waals surface area contributed by atoms with Crippen LogP contribution in [0.25, 0.3) is 0 Å². The summed E-state index contributed by atoms with van der Waals surface area (Å²) in [5.41, 5.74) is 0. The molecule has 0 aromatic rings. The summed E-state index contributed by atoms with van der Waals surface area (Å²) >= 11 is 0. The second kappa shape index (κ2) is 6.79. The molecule has 0 rings (SSSR count). The summed E-state index contributed by atoms with van der Waals surface area (Å²) in [6.45, 7) is 3.57. The van der Waals surface area contributed by atoms with Crippen molar-refractivity contribution in [3.63, 3.8) is 0 Å². The van der Waals surface area contributed by atoms with Crippen LogP contribution >= 0.6 is 0 Å². The third-order valence-corrected chi connectivity index (χ3v) is 2.73. The third-order valence-electron chi connectivity index (χ3n) is 2.05. The highest BCUT2D eigenvalue weighted by Gasteiger charge is 2.17. The molecule has 15 heavy (non-hydrogen) atoms. The molecule has 0 saturated heterocycles. The van der Waals surface area contributed by atoms with Crippen molar-refractivity contribution in [3.8, 4) is 0 Å². The van der Waals surface area contributed by atoms with Crippen LogP contribution in [0.3, 0.4) is 0 Å². The van der Waals surface area contributed by atoms with Gasteiger partial charge in [-0.3, -0.25) is 9.35 Å². The van der Waals surface area contributed by atoms with Crippen molar-refractivity contribution < 1.29 is 22.5 Å². The first-order valence-electron chi connectivity index (χ1n) is 5.02. The zero-order chi connectivity index (χ0) is 11.9. The van der Waals surface area contributed by atoms with E-state index in [2.05, 4.69) is 0 Å². The van der Waals surface area contributed by atoms with Crippen LogP contribution in [0.5, 0.6) is 0 Å². The van der Waals surface area contributed by atoms with Gasteiger partial charge in [-0.05, 0) is 12.8 Å². The lowest BCUT2D eigenvalue weighted by atomic mass is 10.0. The Balaban J connectivity index is 3.91. The van der Waals surface area contributed by atoms with Crippen molar-refractivity contribution in [2.75, 3.05) is 12.4 Å². The van der Waals surface area contributed by atoms with Gasteiger partial charge in [0, 0.05) is 0 Å². The summed E-state index contributed by atoms with van der Waals surface area (Å²) in [7, 11) is -4.04. The monoisotopic (exact) mass is 238 g/mol. The predicted molar refractivity (Wildman–Crippen MR) is 56.1 cm³/mol. The van der Waals surface area contributed by atoms with E-state index in [1.54, 1.807) is 0 Å². The molecule has 0 aliphatic heterocycles. The Morgan fingerprint density at radius 3 is 2.40 bits per heavy atom. The Morgan fingerprint density at radius 2 is 2.00 bits per heavy atom. The molecule has 0 fully saturated rings. The summed E-state index contributed by atoms with van der Waals surface area (Å²) in [5.74, 6) is -1.10. The van der Waals surface area contributed by atoms with Crippen molar-refractivity contribution in [2.24, 2.45) is 5.92 Å². The van der Waals surface area contributed by atoms with Gasteiger partial charge in [0.15, 0.2) is 0 Å². The van der Waals surface area contributed by atoms with Crippen molar-refractivity contribution >= 4 is 16.1 Å². The molecule has 6 heteroatoms. The second-order valence-electron chi connectivity index (χ2n) is 3.35. The Morgan fingerprint density at radius 1 is 1.40 bits per heavy atom. The number of ether oxygens (including phenoxy) is 1. The Bertz CT molecular complexity index is 283. The van der Waals surface area contributed by atoms with E-state index in [4.69, 9.17) is 9.29 Å². The summed E-state index contributed by atoms with van der Waals surface area (Å²) in [6, 6.07) is 0. The highest BCUT2D eigenvalue weighted by molar-refractivity contribution is 7.85. The molecule has 0 spiro atoms. The van der Waals surface area contributed by atoms with Gasteiger partial charge in [0.05, 0.1) is 5.92 Å². The Labute approximate surface area is 90.6 Å². The van der Waals surface area contributed by atoms with Crippen LogP contribution < -0.4 is 0 Å². The van der Waals surface area contributed by atoms with Gasteiger partial charge in [-0.15, -0.1) is 0 Å². The fraction of sp³-hybridized carbons (Fsp3) is 0.889. The summed E-state index contributed by atoms with van der Waals surface area (Å²) in [6.07, 6.45) is 2.30. The molecule has 0 heterocycles. The fourth-order valence-electron chi connectivity index (χ4n) is 1.20. The number of esters is 1. The quantitative estimate of drug-likeness (QED) is 0.533. The molecule has 0 bridgehead atoms. The lowest BCUT2D eigenvalue weighted by Gasteiger charge is -2.12. The zero-order valence-electron chi connectivity index (χ0n) is 9.10. The first-order chi connectivity index (χ1) is 6.90. The maximum Gasteiger partial charge on any atom is 0.308 e. The van der Waals surface area contributed by atoms with Gasteiger partial charge < -0.3 is 4.74 Å². The Kier molecular flexibility index (Phi) is 6.51. The van der Waals surface area contributed by atoms with Gasteiger partial charge in [-0.1, -0.05) is 20.3 Å². The van der Waals surface area contributed by atoms with E-state index in [0.717, 1.165) is 12.8 Å². The molecule has 0 amide bonds. The maximum absolute atomic E-state index is 11.4. The van der Waals surface area contributed by atoms with Gasteiger partial charge in [-0.25, -0.2) is 0 Å². The minimum Gasteiger partial charge on any atom is -0.464 e. The number of hydrogen-bond donors (Lipinski definition) is 1. The van der Waals surface area contributed by atoms with Gasteiger partial charge in [0.25, 0.3) is 10.1 Å². The maximum atomic E-state index is 11.4. The highest BCUT2D eigenvalue weighted by atomic mass is 32.2. The van der Waals surface area contributed by atoms with E-state index in [-0.39, 0.29) is 18.5 Å². The molecule has 0 radical (unpaired) electrons. The summed E-state index contributed by atoms with van der Waals surface area (Å²) < 4.78 is 33.8. The zero-order valence-corrected chi connectivity index (χ0v) is 9.92. The predicted octanol–water partition coefficient (Wildman–Crippen LogP) is 1.24. The SMILES string of the molecule is CCCC(CC)C(=O)OCCS(=O)(=O)O. The minimum absolute atomic E-state index is 0.170. The van der Waals surface area contributed by atoms with Crippen molar-refractivity contribution in [1.29, 1.82) is 0 Å². The van der Waals surface area contributed by atoms with Crippen LogP contribution in [0, 0.1) is 5.92 Å². The van der Waals surface area contributed by atoms with Crippen LogP contribution in [-0.4, -0.2) is 31.3 Å². The first-order valence-corrected chi connectivity index (χ1v) is 6.63. The number of carbonyl (C=O) groups excluding carboxylic acids is 1. The van der Waals surface area contributed by atoms with E-state index < -0.39 is 15.9 Å². The van der Waals surface area contributed by atoms with Crippen molar-refractivity contribution in [1.82, 2.24) is 0 Å². The molecule has 1 atom stereocenters. The fourth-order valence-corrected chi connectivity index (χ4v) is 1.50. The average molecular weight is 238 g/mol. The van der Waals surface area contributed by atoms with Crippen molar-refractivity contribution in [2.45, 2.75) is 33.1 Å². The summed E-state index contributed by atoms with van der Waals surface area (Å²) in [4.78, 5) is 11.4. The van der Waals surface area contributed by atoms with Crippen LogP contribution in [-0.2, 0) is 19.6 Å². The first kappa shape index (κ1) is 14.4. The Hall–Kier alpha value is -0.620. The molecule has 0 aliphatic carbocycles. The largest absolute Gasteiger partial charge is 0.464 e. The molecule has 1 N–H and O–H groups in total. The van der Waals surface area contributed by atoms with E-state index in [9.17, 15) is 13.2 Å². The minimum atomic E-state index is -4.04. The van der Waals surface area contributed by atoms with Crippen LogP contribution in [0.1, 0.15) is 33.1 Å². The smallest absolute Gasteiger partial charge is 0.308 e. The third kappa shape index (κ3) is 7.33. The number of rotatable bonds is 7. The standard InChI is InChI=1S/C9H18O5S/c1-3-5-8(4-2)9(10)14-6-7-15(11,12)13/h8H,3-7H2,1-2H3,(H,11,12,13). The van der Waals surface area contributed by atoms with E-state index in [1.165, 1.54) is 0 Å². The number of carbonyl (C=O) groups is 1. The van der Waals surface area contributed by atoms with Gasteiger partial charge >= 0.3 is 5.97 Å². The average Bonchev–Trinajstić information content (AvgIpc) is 2.11. The molecule has 0 aromatic carbocycles. The second-order valence-corrected chi connectivity index (χ2v) is 4.92. The molecule has 1 unspecified atom stereocenters. The van der Waals surface area contributed by atoms with Crippen LogP contribution in [0.4, 0.5) is 0 Å². The normalized spacial score (nSPS) is 13.5. The molecule has 0 aromatic heterocycles. The lowest BCUT2D eigenvalue weighted by Crippen LogP contribution is -2.20. The molecular weight excluding hydrogens is 220 g/mol. The molecule has 5 nitrogen and oxygen atoms in total. The molecule has 90 valence electrons. The number of hydrogen-bond acceptors (Lipinski definition) is 4. The van der Waals surface area contributed by atoms with Gasteiger partial charge in [-0.2, -0.15) is 8.42 Å². The lowest BCUT2D eigenvalue weighted by molar-refractivity contribution is -0.148. The van der Waals surface area contributed by atoms with Crippen LogP contribution in [0.15, 0.2) is 0 Å².